The number of halogens is 1. The van der Waals surface area contributed by atoms with Gasteiger partial charge in [0.25, 0.3) is 5.91 Å². The fraction of sp³-hybridized carbons (Fsp3) is 0.125. The van der Waals surface area contributed by atoms with Gasteiger partial charge in [-0.25, -0.2) is 13.4 Å². The van der Waals surface area contributed by atoms with Crippen molar-refractivity contribution in [3.05, 3.63) is 52.5 Å². The fourth-order valence-corrected chi connectivity index (χ4v) is 4.23. The van der Waals surface area contributed by atoms with E-state index < -0.39 is 15.7 Å². The Bertz CT molecular complexity index is 1080. The highest BCUT2D eigenvalue weighted by Crippen LogP contribution is 2.31. The summed E-state index contributed by atoms with van der Waals surface area (Å²) in [6.45, 7) is 1.87. The number of hydrogen-bond acceptors (Lipinski definition) is 6. The molecule has 6 nitrogen and oxygen atoms in total. The maximum atomic E-state index is 12.3. The molecule has 0 saturated heterocycles. The van der Waals surface area contributed by atoms with Crippen LogP contribution in [0, 0.1) is 6.92 Å². The highest BCUT2D eigenvalue weighted by molar-refractivity contribution is 7.90. The summed E-state index contributed by atoms with van der Waals surface area (Å²) in [5, 5.41) is 1.10. The van der Waals surface area contributed by atoms with Gasteiger partial charge in [0.15, 0.2) is 9.84 Å². The Morgan fingerprint density at radius 2 is 1.92 bits per heavy atom. The van der Waals surface area contributed by atoms with Gasteiger partial charge in [0.2, 0.25) is 5.13 Å². The normalized spacial score (nSPS) is 11.5. The van der Waals surface area contributed by atoms with Crippen molar-refractivity contribution in [1.29, 1.82) is 0 Å². The molecule has 1 heterocycles. The molecule has 0 aliphatic rings. The Morgan fingerprint density at radius 1 is 1.20 bits per heavy atom. The van der Waals surface area contributed by atoms with Crippen molar-refractivity contribution in [3.8, 4) is 0 Å². The topological polar surface area (TPSA) is 88.2 Å². The summed E-state index contributed by atoms with van der Waals surface area (Å²) in [5.41, 5.74) is 6.89. The second-order valence-corrected chi connectivity index (χ2v) is 8.81. The summed E-state index contributed by atoms with van der Waals surface area (Å²) in [6, 6.07) is 9.67. The zero-order chi connectivity index (χ0) is 18.2. The quantitative estimate of drug-likeness (QED) is 0.661. The second-order valence-electron chi connectivity index (χ2n) is 5.39. The van der Waals surface area contributed by atoms with Crippen LogP contribution in [0.15, 0.2) is 41.3 Å². The summed E-state index contributed by atoms with van der Waals surface area (Å²) in [6.07, 6.45) is 1.06. The lowest BCUT2D eigenvalue weighted by molar-refractivity contribution is 0.0959. The first-order valence-corrected chi connectivity index (χ1v) is 10.3. The number of anilines is 1. The Kier molecular flexibility index (Phi) is 4.68. The predicted molar refractivity (Wildman–Crippen MR) is 100 cm³/mol. The van der Waals surface area contributed by atoms with Gasteiger partial charge in [-0.05, 0) is 36.8 Å². The van der Waals surface area contributed by atoms with E-state index in [0.29, 0.717) is 10.2 Å². The third-order valence-electron chi connectivity index (χ3n) is 3.56. The number of nitrogens with one attached hydrogen (secondary N) is 2. The van der Waals surface area contributed by atoms with E-state index in [1.807, 2.05) is 13.0 Å². The van der Waals surface area contributed by atoms with E-state index in [9.17, 15) is 13.2 Å². The monoisotopic (exact) mass is 395 g/mol. The van der Waals surface area contributed by atoms with E-state index >= 15 is 0 Å². The summed E-state index contributed by atoms with van der Waals surface area (Å²) in [4.78, 5) is 16.7. The SMILES string of the molecule is Cc1c(Cl)ccc2sc(NNC(=O)c3ccccc3S(C)(=O)=O)nc12. The number of sulfone groups is 1. The van der Waals surface area contributed by atoms with Crippen molar-refractivity contribution in [2.75, 3.05) is 11.7 Å². The molecule has 0 atom stereocenters. The van der Waals surface area contributed by atoms with Gasteiger partial charge < -0.3 is 0 Å². The lowest BCUT2D eigenvalue weighted by Crippen LogP contribution is -2.30. The molecule has 130 valence electrons. The van der Waals surface area contributed by atoms with E-state index in [-0.39, 0.29) is 10.5 Å². The molecule has 0 unspecified atom stereocenters. The number of hydrogen-bond donors (Lipinski definition) is 2. The first-order chi connectivity index (χ1) is 11.8. The highest BCUT2D eigenvalue weighted by Gasteiger charge is 2.18. The van der Waals surface area contributed by atoms with E-state index in [1.165, 1.54) is 23.5 Å². The molecule has 0 fully saturated rings. The zero-order valence-electron chi connectivity index (χ0n) is 13.3. The highest BCUT2D eigenvalue weighted by atomic mass is 35.5. The minimum Gasteiger partial charge on any atom is -0.273 e. The van der Waals surface area contributed by atoms with Crippen LogP contribution in [0.5, 0.6) is 0 Å². The summed E-state index contributed by atoms with van der Waals surface area (Å²) in [5.74, 6) is -0.560. The summed E-state index contributed by atoms with van der Waals surface area (Å²) in [7, 11) is -3.51. The van der Waals surface area contributed by atoms with Gasteiger partial charge in [0.1, 0.15) is 0 Å². The summed E-state index contributed by atoms with van der Waals surface area (Å²) >= 11 is 7.44. The van der Waals surface area contributed by atoms with Crippen molar-refractivity contribution < 1.29 is 13.2 Å². The third-order valence-corrected chi connectivity index (χ3v) is 6.06. The Hall–Kier alpha value is -2.16. The predicted octanol–water partition coefficient (Wildman–Crippen LogP) is 3.42. The van der Waals surface area contributed by atoms with Crippen molar-refractivity contribution in [2.45, 2.75) is 11.8 Å². The lowest BCUT2D eigenvalue weighted by atomic mass is 10.2. The maximum absolute atomic E-state index is 12.3. The molecule has 1 amide bonds. The van der Waals surface area contributed by atoms with Crippen molar-refractivity contribution >= 4 is 54.0 Å². The average molecular weight is 396 g/mol. The minimum atomic E-state index is -3.51. The van der Waals surface area contributed by atoms with Crippen molar-refractivity contribution in [3.63, 3.8) is 0 Å². The van der Waals surface area contributed by atoms with Crippen LogP contribution in [-0.2, 0) is 9.84 Å². The van der Waals surface area contributed by atoms with Crippen LogP contribution >= 0.6 is 22.9 Å². The largest absolute Gasteiger partial charge is 0.273 e. The molecule has 0 aliphatic heterocycles. The molecule has 0 bridgehead atoms. The van der Waals surface area contributed by atoms with Crippen LogP contribution in [0.2, 0.25) is 5.02 Å². The molecule has 25 heavy (non-hydrogen) atoms. The number of fused-ring (bicyclic) bond motifs is 1. The van der Waals surface area contributed by atoms with Crippen LogP contribution in [0.25, 0.3) is 10.2 Å². The number of aromatic nitrogens is 1. The Labute approximate surface area is 153 Å². The maximum Gasteiger partial charge on any atom is 0.270 e. The average Bonchev–Trinajstić information content (AvgIpc) is 2.99. The molecule has 0 saturated carbocycles. The third kappa shape index (κ3) is 3.60. The van der Waals surface area contributed by atoms with Gasteiger partial charge in [-0.2, -0.15) is 0 Å². The van der Waals surface area contributed by atoms with Gasteiger partial charge in [-0.1, -0.05) is 35.1 Å². The second kappa shape index (κ2) is 6.62. The first-order valence-electron chi connectivity index (χ1n) is 7.18. The number of aryl methyl sites for hydroxylation is 1. The Morgan fingerprint density at radius 3 is 2.64 bits per heavy atom. The van der Waals surface area contributed by atoms with Crippen LogP contribution in [-0.4, -0.2) is 25.6 Å². The van der Waals surface area contributed by atoms with Gasteiger partial charge in [-0.15, -0.1) is 0 Å². The van der Waals surface area contributed by atoms with Crippen LogP contribution in [0.3, 0.4) is 0 Å². The van der Waals surface area contributed by atoms with Crippen LogP contribution in [0.4, 0.5) is 5.13 Å². The molecule has 9 heteroatoms. The van der Waals surface area contributed by atoms with E-state index in [2.05, 4.69) is 15.8 Å². The smallest absolute Gasteiger partial charge is 0.270 e. The van der Waals surface area contributed by atoms with Gasteiger partial charge in [0, 0.05) is 11.3 Å². The minimum absolute atomic E-state index is 0.0266. The van der Waals surface area contributed by atoms with Gasteiger partial charge >= 0.3 is 0 Å². The molecule has 2 N–H and O–H groups in total. The number of carbonyl (C=O) groups excluding carboxylic acids is 1. The number of amides is 1. The lowest BCUT2D eigenvalue weighted by Gasteiger charge is -2.09. The molecule has 2 aromatic carbocycles. The molecule has 3 aromatic rings. The molecule has 0 radical (unpaired) electrons. The number of nitrogens with zero attached hydrogens (tertiary/aromatic N) is 1. The fourth-order valence-electron chi connectivity index (χ4n) is 2.31. The number of hydrazine groups is 1. The van der Waals surface area contributed by atoms with Crippen LogP contribution < -0.4 is 10.9 Å². The van der Waals surface area contributed by atoms with Gasteiger partial charge in [0.05, 0.1) is 20.7 Å². The van der Waals surface area contributed by atoms with Crippen molar-refractivity contribution in [1.82, 2.24) is 10.4 Å². The number of carbonyl (C=O) groups is 1. The molecule has 3 rings (SSSR count). The van der Waals surface area contributed by atoms with Crippen molar-refractivity contribution in [2.24, 2.45) is 0 Å². The summed E-state index contributed by atoms with van der Waals surface area (Å²) < 4.78 is 24.5. The first kappa shape index (κ1) is 17.7. The number of thiazole rings is 1. The molecule has 1 aromatic heterocycles. The van der Waals surface area contributed by atoms with E-state index in [4.69, 9.17) is 11.6 Å². The van der Waals surface area contributed by atoms with Gasteiger partial charge in [-0.3, -0.25) is 15.6 Å². The molecule has 0 spiro atoms. The standard InChI is InChI=1S/C16H14ClN3O3S2/c1-9-11(17)7-8-12-14(9)18-16(24-12)20-19-15(21)10-5-3-4-6-13(10)25(2,22)23/h3-8H,1-2H3,(H,18,20)(H,19,21). The molecular formula is C16H14ClN3O3S2. The van der Waals surface area contributed by atoms with E-state index in [1.54, 1.807) is 18.2 Å². The van der Waals surface area contributed by atoms with Crippen LogP contribution in [0.1, 0.15) is 15.9 Å². The number of rotatable bonds is 4. The molecule has 0 aliphatic carbocycles. The number of benzene rings is 2. The molecular weight excluding hydrogens is 382 g/mol. The zero-order valence-corrected chi connectivity index (χ0v) is 15.7. The Balaban J connectivity index is 1.83. The van der Waals surface area contributed by atoms with E-state index in [0.717, 1.165) is 22.0 Å².